The molecule has 3 rings (SSSR count). The molecule has 6 nitrogen and oxygen atoms in total. The molecule has 1 aromatic heterocycles. The van der Waals surface area contributed by atoms with Gasteiger partial charge in [0, 0.05) is 0 Å². The summed E-state index contributed by atoms with van der Waals surface area (Å²) in [6.45, 7) is 0. The van der Waals surface area contributed by atoms with E-state index in [1.165, 1.54) is 13.3 Å². The van der Waals surface area contributed by atoms with Gasteiger partial charge in [-0.2, -0.15) is 0 Å². The number of hydrogen-bond acceptors (Lipinski definition) is 5. The van der Waals surface area contributed by atoms with Gasteiger partial charge >= 0.3 is 165 Å². The number of amides is 2. The Labute approximate surface area is 164 Å². The summed E-state index contributed by atoms with van der Waals surface area (Å²) >= 11 is 1.48. The van der Waals surface area contributed by atoms with Gasteiger partial charge in [0.15, 0.2) is 0 Å². The minimum absolute atomic E-state index is 0.0488. The van der Waals surface area contributed by atoms with Gasteiger partial charge in [-0.25, -0.2) is 0 Å². The fraction of sp³-hybridized carbons (Fsp3) is 0.118. The van der Waals surface area contributed by atoms with E-state index in [-0.39, 0.29) is 17.6 Å². The summed E-state index contributed by atoms with van der Waals surface area (Å²) < 4.78 is 5.94. The molecule has 0 saturated heterocycles. The van der Waals surface area contributed by atoms with Crippen molar-refractivity contribution < 1.29 is 19.4 Å². The van der Waals surface area contributed by atoms with E-state index < -0.39 is 15.8 Å². The molecule has 2 heterocycles. The molecule has 1 aromatic carbocycles. The number of aromatic hydroxyl groups is 1. The van der Waals surface area contributed by atoms with E-state index in [2.05, 4.69) is 32.9 Å². The number of nitrogens with one attached hydrogen (secondary N) is 1. The fourth-order valence-electron chi connectivity index (χ4n) is 2.43. The molecule has 8 heteroatoms. The number of rotatable bonds is 4. The van der Waals surface area contributed by atoms with Crippen LogP contribution in [-0.4, -0.2) is 44.8 Å². The van der Waals surface area contributed by atoms with Crippen LogP contribution in [0.4, 0.5) is 0 Å². The van der Waals surface area contributed by atoms with Crippen molar-refractivity contribution in [3.63, 3.8) is 0 Å². The van der Waals surface area contributed by atoms with Crippen LogP contribution in [0.1, 0.15) is 21.6 Å². The van der Waals surface area contributed by atoms with Gasteiger partial charge in [0.05, 0.1) is 0 Å². The molecule has 1 aliphatic heterocycles. The normalized spacial score (nSPS) is 15.5. The van der Waals surface area contributed by atoms with Crippen LogP contribution in [0.3, 0.4) is 0 Å². The summed E-state index contributed by atoms with van der Waals surface area (Å²) in [5, 5.41) is 12.8. The Hall–Kier alpha value is -1.86. The Morgan fingerprint density at radius 1 is 1.28 bits per heavy atom. The number of carbonyl (C=O) groups is 2. The zero-order valence-corrected chi connectivity index (χ0v) is 17.4. The van der Waals surface area contributed by atoms with Crippen LogP contribution < -0.4 is 10.1 Å². The Bertz CT molecular complexity index is 898. The third-order valence-electron chi connectivity index (χ3n) is 3.64. The molecule has 128 valence electrons. The van der Waals surface area contributed by atoms with E-state index >= 15 is 0 Å². The van der Waals surface area contributed by atoms with Gasteiger partial charge in [-0.1, -0.05) is 0 Å². The summed E-state index contributed by atoms with van der Waals surface area (Å²) in [4.78, 5) is 30.3. The number of carbonyl (C=O) groups excluding carboxylic acids is 2. The van der Waals surface area contributed by atoms with Crippen molar-refractivity contribution in [2.45, 2.75) is 5.21 Å². The molecule has 2 N–H and O–H groups in total. The Kier molecular flexibility index (Phi) is 5.44. The zero-order chi connectivity index (χ0) is 18.0. The van der Waals surface area contributed by atoms with E-state index in [0.29, 0.717) is 27.7 Å². The van der Waals surface area contributed by atoms with Crippen LogP contribution in [0.25, 0.3) is 5.57 Å². The molecule has 25 heavy (non-hydrogen) atoms. The number of methoxy groups -OCH3 is 1. The second-order valence-corrected chi connectivity index (χ2v) is 8.71. The predicted molar refractivity (Wildman–Crippen MR) is 103 cm³/mol. The van der Waals surface area contributed by atoms with Crippen LogP contribution in [0.15, 0.2) is 35.3 Å². The molecule has 1 atom stereocenters. The number of aromatic nitrogens is 1. The maximum atomic E-state index is 12.2. The molecule has 1 unspecified atom stereocenters. The molecule has 0 bridgehead atoms. The van der Waals surface area contributed by atoms with Crippen LogP contribution >= 0.6 is 22.6 Å². The number of pyridine rings is 1. The number of halogens is 1. The summed E-state index contributed by atoms with van der Waals surface area (Å²) in [6, 6.07) is 6.99. The molecule has 0 fully saturated rings. The quantitative estimate of drug-likeness (QED) is 0.282. The van der Waals surface area contributed by atoms with E-state index in [1.54, 1.807) is 12.1 Å². The Morgan fingerprint density at radius 3 is 2.80 bits per heavy atom. The number of ether oxygens (including phenoxy) is 1. The number of benzene rings is 1. The van der Waals surface area contributed by atoms with Gasteiger partial charge in [-0.3, -0.25) is 0 Å². The van der Waals surface area contributed by atoms with Crippen molar-refractivity contribution in [2.24, 2.45) is 0 Å². The standard InChI is InChI=1S/C17H14AsIN2O4/c1-25-15-8-20-10(5-14(15)22)6-18-7-13-12-4-9(19)2-3-11(12)16(23)21-17(13)24/h2-5,7-8,18H,6H2,1H3,(H,20,22)(H,21,23,24). The van der Waals surface area contributed by atoms with Crippen molar-refractivity contribution in [3.8, 4) is 11.5 Å². The summed E-state index contributed by atoms with van der Waals surface area (Å²) in [6.07, 6.45) is 1.48. The first kappa shape index (κ1) is 17.9. The van der Waals surface area contributed by atoms with E-state index in [9.17, 15) is 14.7 Å². The second kappa shape index (κ2) is 7.57. The average Bonchev–Trinajstić information content (AvgIpc) is 2.57. The first-order valence-electron chi connectivity index (χ1n) is 7.30. The summed E-state index contributed by atoms with van der Waals surface area (Å²) in [5.74, 6) is -0.354. The van der Waals surface area contributed by atoms with E-state index in [0.717, 1.165) is 9.26 Å². The zero-order valence-electron chi connectivity index (χ0n) is 13.2. The van der Waals surface area contributed by atoms with Crippen LogP contribution in [0.2, 0.25) is 0 Å². The van der Waals surface area contributed by atoms with E-state index in [1.807, 2.05) is 17.0 Å². The molecule has 0 aliphatic carbocycles. The van der Waals surface area contributed by atoms with Crippen molar-refractivity contribution in [1.29, 1.82) is 0 Å². The van der Waals surface area contributed by atoms with Crippen molar-refractivity contribution in [2.75, 3.05) is 7.11 Å². The molecule has 2 amide bonds. The number of imide groups is 1. The third-order valence-corrected chi connectivity index (χ3v) is 6.53. The Morgan fingerprint density at radius 2 is 2.08 bits per heavy atom. The van der Waals surface area contributed by atoms with Crippen LogP contribution in [0.5, 0.6) is 11.5 Å². The summed E-state index contributed by atoms with van der Waals surface area (Å²) in [5.41, 5.74) is 2.46. The summed E-state index contributed by atoms with van der Waals surface area (Å²) in [7, 11) is 1.47. The first-order chi connectivity index (χ1) is 12.0. The van der Waals surface area contributed by atoms with Gasteiger partial charge in [-0.15, -0.1) is 0 Å². The van der Waals surface area contributed by atoms with Crippen molar-refractivity contribution in [1.82, 2.24) is 10.3 Å². The van der Waals surface area contributed by atoms with Gasteiger partial charge in [-0.05, 0) is 0 Å². The Balaban J connectivity index is 1.83. The number of hydrogen-bond donors (Lipinski definition) is 2. The second-order valence-electron chi connectivity index (χ2n) is 5.26. The predicted octanol–water partition coefficient (Wildman–Crippen LogP) is 1.65. The topological polar surface area (TPSA) is 88.5 Å². The van der Waals surface area contributed by atoms with Crippen molar-refractivity contribution >= 4 is 55.7 Å². The van der Waals surface area contributed by atoms with Gasteiger partial charge in [0.2, 0.25) is 0 Å². The third kappa shape index (κ3) is 3.87. The van der Waals surface area contributed by atoms with Gasteiger partial charge < -0.3 is 0 Å². The van der Waals surface area contributed by atoms with Gasteiger partial charge in [0.1, 0.15) is 0 Å². The van der Waals surface area contributed by atoms with Gasteiger partial charge in [0.25, 0.3) is 0 Å². The maximum absolute atomic E-state index is 12.2. The van der Waals surface area contributed by atoms with Crippen LogP contribution in [0, 0.1) is 3.57 Å². The molecular formula is C17H14AsIN2O4. The molecule has 0 radical (unpaired) electrons. The first-order valence-corrected chi connectivity index (χ1v) is 11.1. The molecular weight excluding hydrogens is 498 g/mol. The van der Waals surface area contributed by atoms with Crippen LogP contribution in [-0.2, 0) is 10.0 Å². The fourth-order valence-corrected chi connectivity index (χ4v) is 5.01. The molecule has 0 spiro atoms. The van der Waals surface area contributed by atoms with E-state index in [4.69, 9.17) is 4.74 Å². The molecule has 2 aromatic rings. The molecule has 0 saturated carbocycles. The minimum atomic E-state index is -0.682. The van der Waals surface area contributed by atoms with Crippen molar-refractivity contribution in [3.05, 3.63) is 55.7 Å². The monoisotopic (exact) mass is 512 g/mol. The average molecular weight is 512 g/mol. The SMILES string of the molecule is COc1cnc(C[AsH]C=C2C(=O)NC(=O)c3ccc(I)cc32)cc1O. The number of fused-ring (bicyclic) bond motifs is 1. The molecule has 1 aliphatic rings. The number of nitrogens with zero attached hydrogens (tertiary/aromatic N) is 1.